The van der Waals surface area contributed by atoms with Gasteiger partial charge in [-0.1, -0.05) is 0 Å². The first-order chi connectivity index (χ1) is 8.61. The van der Waals surface area contributed by atoms with Crippen molar-refractivity contribution in [2.45, 2.75) is 13.8 Å². The Kier molecular flexibility index (Phi) is 3.86. The molecule has 0 aromatic carbocycles. The van der Waals surface area contributed by atoms with Crippen molar-refractivity contribution < 1.29 is 4.39 Å². The van der Waals surface area contributed by atoms with Gasteiger partial charge in [0.2, 0.25) is 0 Å². The minimum Gasteiger partial charge on any atom is -0.368 e. The second-order valence-electron chi connectivity index (χ2n) is 3.69. The number of aromatic nitrogens is 3. The summed E-state index contributed by atoms with van der Waals surface area (Å²) in [5.41, 5.74) is 0.918. The van der Waals surface area contributed by atoms with Crippen LogP contribution >= 0.6 is 15.9 Å². The van der Waals surface area contributed by atoms with Gasteiger partial charge < -0.3 is 5.32 Å². The number of nitrogens with one attached hydrogen (secondary N) is 1. The highest BCUT2D eigenvalue weighted by Crippen LogP contribution is 2.20. The highest BCUT2D eigenvalue weighted by molar-refractivity contribution is 9.10. The van der Waals surface area contributed by atoms with E-state index < -0.39 is 5.82 Å². The van der Waals surface area contributed by atoms with Gasteiger partial charge in [0.05, 0.1) is 5.69 Å². The third-order valence-electron chi connectivity index (χ3n) is 2.32. The average molecular weight is 311 g/mol. The summed E-state index contributed by atoms with van der Waals surface area (Å²) in [5.74, 6) is 0.208. The van der Waals surface area contributed by atoms with Crippen LogP contribution in [0.2, 0.25) is 0 Å². The maximum atomic E-state index is 13.7. The van der Waals surface area contributed by atoms with Crippen LogP contribution in [0, 0.1) is 12.7 Å². The number of pyridine rings is 1. The Hall–Kier alpha value is -1.56. The van der Waals surface area contributed by atoms with E-state index in [0.29, 0.717) is 23.8 Å². The van der Waals surface area contributed by atoms with Gasteiger partial charge in [-0.2, -0.15) is 0 Å². The number of halogens is 2. The molecular weight excluding hydrogens is 299 g/mol. The summed E-state index contributed by atoms with van der Waals surface area (Å²) in [6.45, 7) is 4.09. The molecule has 0 radical (unpaired) electrons. The van der Waals surface area contributed by atoms with E-state index in [2.05, 4.69) is 36.2 Å². The van der Waals surface area contributed by atoms with Crippen molar-refractivity contribution in [3.63, 3.8) is 0 Å². The lowest BCUT2D eigenvalue weighted by atomic mass is 10.3. The fourth-order valence-electron chi connectivity index (χ4n) is 1.47. The van der Waals surface area contributed by atoms with Crippen LogP contribution in [0.4, 0.5) is 10.2 Å². The van der Waals surface area contributed by atoms with Gasteiger partial charge in [0, 0.05) is 17.2 Å². The topological polar surface area (TPSA) is 50.7 Å². The summed E-state index contributed by atoms with van der Waals surface area (Å²) in [4.78, 5) is 12.5. The molecule has 2 aromatic rings. The third kappa shape index (κ3) is 2.64. The van der Waals surface area contributed by atoms with Crippen LogP contribution in [0.1, 0.15) is 12.6 Å². The molecule has 0 fully saturated rings. The van der Waals surface area contributed by atoms with E-state index in [-0.39, 0.29) is 5.82 Å². The Morgan fingerprint density at radius 1 is 1.33 bits per heavy atom. The summed E-state index contributed by atoms with van der Waals surface area (Å²) in [5, 5.41) is 2.88. The molecule has 6 heteroatoms. The molecule has 0 saturated heterocycles. The summed E-state index contributed by atoms with van der Waals surface area (Å²) >= 11 is 3.31. The van der Waals surface area contributed by atoms with E-state index in [0.717, 1.165) is 4.47 Å². The van der Waals surface area contributed by atoms with Crippen molar-refractivity contribution in [3.8, 4) is 11.5 Å². The van der Waals surface area contributed by atoms with Gasteiger partial charge in [0.1, 0.15) is 5.69 Å². The van der Waals surface area contributed by atoms with Crippen LogP contribution in [0.3, 0.4) is 0 Å². The quantitative estimate of drug-likeness (QED) is 0.946. The van der Waals surface area contributed by atoms with Crippen molar-refractivity contribution >= 4 is 21.7 Å². The molecule has 2 aromatic heterocycles. The molecule has 0 saturated carbocycles. The molecule has 0 aliphatic carbocycles. The maximum Gasteiger partial charge on any atom is 0.186 e. The van der Waals surface area contributed by atoms with Crippen LogP contribution < -0.4 is 5.32 Å². The first-order valence-electron chi connectivity index (χ1n) is 5.51. The Labute approximate surface area is 113 Å². The molecule has 0 bridgehead atoms. The van der Waals surface area contributed by atoms with Gasteiger partial charge in [-0.25, -0.2) is 14.4 Å². The van der Waals surface area contributed by atoms with Crippen LogP contribution in [0.15, 0.2) is 22.8 Å². The Morgan fingerprint density at radius 2 is 2.11 bits per heavy atom. The van der Waals surface area contributed by atoms with E-state index in [1.807, 2.05) is 13.0 Å². The van der Waals surface area contributed by atoms with Crippen LogP contribution in [-0.4, -0.2) is 21.5 Å². The number of nitrogens with zero attached hydrogens (tertiary/aromatic N) is 3. The van der Waals surface area contributed by atoms with E-state index >= 15 is 0 Å². The van der Waals surface area contributed by atoms with Crippen molar-refractivity contribution in [1.29, 1.82) is 0 Å². The minimum absolute atomic E-state index is 0.213. The second kappa shape index (κ2) is 5.39. The number of anilines is 1. The molecule has 0 spiro atoms. The van der Waals surface area contributed by atoms with Gasteiger partial charge in [-0.05, 0) is 41.9 Å². The molecule has 0 aliphatic rings. The number of hydrogen-bond acceptors (Lipinski definition) is 4. The molecule has 0 unspecified atom stereocenters. The summed E-state index contributed by atoms with van der Waals surface area (Å²) in [6, 6.07) is 3.63. The minimum atomic E-state index is -0.419. The Bertz CT molecular complexity index is 557. The third-order valence-corrected chi connectivity index (χ3v) is 2.79. The van der Waals surface area contributed by atoms with Gasteiger partial charge in [-0.3, -0.25) is 4.98 Å². The zero-order valence-corrected chi connectivity index (χ0v) is 11.6. The SMILES string of the molecule is CCNc1nc(-c2ccc(Br)cn2)nc(C)c1F. The normalized spacial score (nSPS) is 10.4. The van der Waals surface area contributed by atoms with Crippen molar-refractivity contribution in [1.82, 2.24) is 15.0 Å². The lowest BCUT2D eigenvalue weighted by Gasteiger charge is -2.08. The van der Waals surface area contributed by atoms with Crippen molar-refractivity contribution in [2.24, 2.45) is 0 Å². The van der Waals surface area contributed by atoms with Gasteiger partial charge >= 0.3 is 0 Å². The molecule has 4 nitrogen and oxygen atoms in total. The summed E-state index contributed by atoms with van der Waals surface area (Å²) in [6.07, 6.45) is 1.66. The predicted molar refractivity (Wildman–Crippen MR) is 71.8 cm³/mol. The zero-order valence-electron chi connectivity index (χ0n) is 10.0. The molecule has 1 N–H and O–H groups in total. The van der Waals surface area contributed by atoms with Crippen molar-refractivity contribution in [3.05, 3.63) is 34.3 Å². The predicted octanol–water partition coefficient (Wildman–Crippen LogP) is 3.18. The molecular formula is C12H12BrFN4. The molecule has 94 valence electrons. The fourth-order valence-corrected chi connectivity index (χ4v) is 1.70. The zero-order chi connectivity index (χ0) is 13.1. The molecule has 0 aliphatic heterocycles. The largest absolute Gasteiger partial charge is 0.368 e. The van der Waals surface area contributed by atoms with Gasteiger partial charge in [0.25, 0.3) is 0 Å². The Balaban J connectivity index is 2.48. The van der Waals surface area contributed by atoms with Gasteiger partial charge in [0.15, 0.2) is 17.5 Å². The lowest BCUT2D eigenvalue weighted by Crippen LogP contribution is -2.07. The monoisotopic (exact) mass is 310 g/mol. The highest BCUT2D eigenvalue weighted by atomic mass is 79.9. The van der Waals surface area contributed by atoms with Gasteiger partial charge in [-0.15, -0.1) is 0 Å². The fraction of sp³-hybridized carbons (Fsp3) is 0.250. The van der Waals surface area contributed by atoms with E-state index in [1.165, 1.54) is 0 Å². The van der Waals surface area contributed by atoms with E-state index in [9.17, 15) is 4.39 Å². The molecule has 0 atom stereocenters. The number of hydrogen-bond donors (Lipinski definition) is 1. The number of aryl methyl sites for hydroxylation is 1. The van der Waals surface area contributed by atoms with E-state index in [4.69, 9.17) is 0 Å². The first kappa shape index (κ1) is 12.9. The Morgan fingerprint density at radius 3 is 2.72 bits per heavy atom. The van der Waals surface area contributed by atoms with Crippen molar-refractivity contribution in [2.75, 3.05) is 11.9 Å². The maximum absolute atomic E-state index is 13.7. The molecule has 0 amide bonds. The molecule has 2 heterocycles. The molecule has 2 rings (SSSR count). The average Bonchev–Trinajstić information content (AvgIpc) is 2.36. The summed E-state index contributed by atoms with van der Waals surface area (Å²) in [7, 11) is 0. The first-order valence-corrected chi connectivity index (χ1v) is 6.31. The smallest absolute Gasteiger partial charge is 0.186 e. The second-order valence-corrected chi connectivity index (χ2v) is 4.60. The highest BCUT2D eigenvalue weighted by Gasteiger charge is 2.12. The van der Waals surface area contributed by atoms with E-state index in [1.54, 1.807) is 19.2 Å². The standard InChI is InChI=1S/C12H12BrFN4/c1-3-15-12-10(14)7(2)17-11(18-12)9-5-4-8(13)6-16-9/h4-6H,3H2,1-2H3,(H,15,17,18). The number of rotatable bonds is 3. The molecule has 18 heavy (non-hydrogen) atoms. The van der Waals surface area contributed by atoms with Crippen LogP contribution in [-0.2, 0) is 0 Å². The summed E-state index contributed by atoms with van der Waals surface area (Å²) < 4.78 is 14.6. The lowest BCUT2D eigenvalue weighted by molar-refractivity contribution is 0.606. The van der Waals surface area contributed by atoms with Crippen LogP contribution in [0.25, 0.3) is 11.5 Å². The van der Waals surface area contributed by atoms with Crippen LogP contribution in [0.5, 0.6) is 0 Å².